The lowest BCUT2D eigenvalue weighted by atomic mass is 10.1. The minimum Gasteiger partial charge on any atom is -0.312 e. The normalized spacial score (nSPS) is 12.1. The molecule has 7 heteroatoms. The van der Waals surface area contributed by atoms with E-state index in [1.54, 1.807) is 12.1 Å². The molecule has 0 saturated carbocycles. The maximum Gasteiger partial charge on any atom is 0.282 e. The smallest absolute Gasteiger partial charge is 0.282 e. The number of rotatable bonds is 3. The van der Waals surface area contributed by atoms with E-state index in [0.29, 0.717) is 25.6 Å². The molecular formula is C17H14Cl2N2OS2. The van der Waals surface area contributed by atoms with E-state index >= 15 is 0 Å². The van der Waals surface area contributed by atoms with Crippen molar-refractivity contribution in [2.24, 2.45) is 4.99 Å². The van der Waals surface area contributed by atoms with Gasteiger partial charge in [0, 0.05) is 6.54 Å². The van der Waals surface area contributed by atoms with Crippen LogP contribution in [0.4, 0.5) is 0 Å². The van der Waals surface area contributed by atoms with Crippen molar-refractivity contribution >= 4 is 62.0 Å². The zero-order valence-electron chi connectivity index (χ0n) is 13.1. The number of benzene rings is 1. The molecule has 0 radical (unpaired) electrons. The highest BCUT2D eigenvalue weighted by Gasteiger charge is 2.15. The quantitative estimate of drug-likeness (QED) is 0.529. The van der Waals surface area contributed by atoms with E-state index in [9.17, 15) is 4.79 Å². The van der Waals surface area contributed by atoms with E-state index in [-0.39, 0.29) is 5.91 Å². The van der Waals surface area contributed by atoms with Crippen LogP contribution in [0.5, 0.6) is 0 Å². The number of aromatic nitrogens is 1. The molecule has 1 amide bonds. The van der Waals surface area contributed by atoms with Crippen LogP contribution in [0.1, 0.15) is 21.5 Å². The number of thiazole rings is 1. The Morgan fingerprint density at radius 3 is 2.67 bits per heavy atom. The lowest BCUT2D eigenvalue weighted by molar-refractivity contribution is 0.0998. The summed E-state index contributed by atoms with van der Waals surface area (Å²) in [7, 11) is 0. The van der Waals surface area contributed by atoms with Gasteiger partial charge in [0.05, 0.1) is 20.1 Å². The van der Waals surface area contributed by atoms with Gasteiger partial charge in [0.1, 0.15) is 4.34 Å². The van der Waals surface area contributed by atoms with Gasteiger partial charge in [0.2, 0.25) is 0 Å². The summed E-state index contributed by atoms with van der Waals surface area (Å²) in [5.74, 6) is -0.387. The summed E-state index contributed by atoms with van der Waals surface area (Å²) in [6.07, 6.45) is 1.79. The monoisotopic (exact) mass is 396 g/mol. The molecule has 0 N–H and O–H groups in total. The highest BCUT2D eigenvalue weighted by molar-refractivity contribution is 7.20. The summed E-state index contributed by atoms with van der Waals surface area (Å²) in [5.41, 5.74) is 3.72. The molecule has 124 valence electrons. The Hall–Kier alpha value is -1.40. The molecule has 3 rings (SSSR count). The SMILES string of the molecule is C=CCn1c(=NC(=O)c2cc(Cl)sc2Cl)sc2c(C)cc(C)cc21. The molecule has 2 aromatic heterocycles. The molecule has 0 saturated heterocycles. The first-order valence-electron chi connectivity index (χ1n) is 7.16. The van der Waals surface area contributed by atoms with Gasteiger partial charge in [0.15, 0.2) is 4.80 Å². The zero-order valence-corrected chi connectivity index (χ0v) is 16.2. The summed E-state index contributed by atoms with van der Waals surface area (Å²) in [5, 5.41) is 0. The molecule has 3 nitrogen and oxygen atoms in total. The molecular weight excluding hydrogens is 383 g/mol. The number of hydrogen-bond donors (Lipinski definition) is 0. The third-order valence-electron chi connectivity index (χ3n) is 3.51. The molecule has 0 spiro atoms. The van der Waals surface area contributed by atoms with Crippen molar-refractivity contribution in [2.75, 3.05) is 0 Å². The number of thiophene rings is 1. The van der Waals surface area contributed by atoms with Gasteiger partial charge in [-0.25, -0.2) is 0 Å². The van der Waals surface area contributed by atoms with Crippen LogP contribution >= 0.6 is 45.9 Å². The van der Waals surface area contributed by atoms with Crippen molar-refractivity contribution in [3.8, 4) is 0 Å². The first-order chi connectivity index (χ1) is 11.4. The second-order valence-electron chi connectivity index (χ2n) is 5.37. The number of carbonyl (C=O) groups excluding carboxylic acids is 1. The molecule has 0 bridgehead atoms. The van der Waals surface area contributed by atoms with Crippen LogP contribution in [0.3, 0.4) is 0 Å². The van der Waals surface area contributed by atoms with Crippen LogP contribution in [0.15, 0.2) is 35.8 Å². The maximum atomic E-state index is 12.5. The van der Waals surface area contributed by atoms with Gasteiger partial charge in [0.25, 0.3) is 5.91 Å². The summed E-state index contributed by atoms with van der Waals surface area (Å²) >= 11 is 14.6. The van der Waals surface area contributed by atoms with E-state index < -0.39 is 0 Å². The third-order valence-corrected chi connectivity index (χ3v) is 6.23. The lowest BCUT2D eigenvalue weighted by Gasteiger charge is -2.03. The van der Waals surface area contributed by atoms with Crippen LogP contribution < -0.4 is 4.80 Å². The van der Waals surface area contributed by atoms with Crippen LogP contribution in [0.2, 0.25) is 8.67 Å². The topological polar surface area (TPSA) is 34.4 Å². The summed E-state index contributed by atoms with van der Waals surface area (Å²) < 4.78 is 3.94. The van der Waals surface area contributed by atoms with Crippen LogP contribution in [-0.2, 0) is 6.54 Å². The lowest BCUT2D eigenvalue weighted by Crippen LogP contribution is -2.16. The van der Waals surface area contributed by atoms with Gasteiger partial charge in [-0.1, -0.05) is 46.7 Å². The maximum absolute atomic E-state index is 12.5. The van der Waals surface area contributed by atoms with E-state index in [0.717, 1.165) is 21.6 Å². The van der Waals surface area contributed by atoms with Crippen LogP contribution in [-0.4, -0.2) is 10.5 Å². The van der Waals surface area contributed by atoms with Gasteiger partial charge >= 0.3 is 0 Å². The number of nitrogens with zero attached hydrogens (tertiary/aromatic N) is 2. The predicted octanol–water partition coefficient (Wildman–Crippen LogP) is 5.62. The molecule has 0 unspecified atom stereocenters. The highest BCUT2D eigenvalue weighted by Crippen LogP contribution is 2.31. The van der Waals surface area contributed by atoms with Gasteiger partial charge in [-0.05, 0) is 37.1 Å². The highest BCUT2D eigenvalue weighted by atomic mass is 35.5. The van der Waals surface area contributed by atoms with Crippen molar-refractivity contribution in [1.82, 2.24) is 4.57 Å². The Morgan fingerprint density at radius 2 is 2.04 bits per heavy atom. The fourth-order valence-electron chi connectivity index (χ4n) is 2.54. The van der Waals surface area contributed by atoms with E-state index in [4.69, 9.17) is 23.2 Å². The Balaban J connectivity index is 2.23. The van der Waals surface area contributed by atoms with Crippen molar-refractivity contribution in [3.05, 3.63) is 61.0 Å². The molecule has 0 aliphatic carbocycles. The van der Waals surface area contributed by atoms with Crippen molar-refractivity contribution < 1.29 is 4.79 Å². The van der Waals surface area contributed by atoms with E-state index in [1.165, 1.54) is 22.5 Å². The molecule has 3 aromatic rings. The summed E-state index contributed by atoms with van der Waals surface area (Å²) in [4.78, 5) is 17.4. The minimum atomic E-state index is -0.387. The molecule has 24 heavy (non-hydrogen) atoms. The average molecular weight is 397 g/mol. The molecule has 0 atom stereocenters. The standard InChI is InChI=1S/C17H14Cl2N2OS2/c1-4-5-21-12-7-9(2)6-10(3)14(12)24-17(21)20-16(22)11-8-13(18)23-15(11)19/h4,6-8H,1,5H2,2-3H3. The van der Waals surface area contributed by atoms with E-state index in [2.05, 4.69) is 37.6 Å². The molecule has 0 fully saturated rings. The van der Waals surface area contributed by atoms with Crippen molar-refractivity contribution in [3.63, 3.8) is 0 Å². The summed E-state index contributed by atoms with van der Waals surface area (Å²) in [6.45, 7) is 8.49. The number of carbonyl (C=O) groups is 1. The second kappa shape index (κ2) is 6.84. The average Bonchev–Trinajstić information content (AvgIpc) is 3.01. The predicted molar refractivity (Wildman–Crippen MR) is 104 cm³/mol. The van der Waals surface area contributed by atoms with Crippen molar-refractivity contribution in [1.29, 1.82) is 0 Å². The number of fused-ring (bicyclic) bond motifs is 1. The Morgan fingerprint density at radius 1 is 1.29 bits per heavy atom. The fourth-order valence-corrected chi connectivity index (χ4v) is 5.07. The first kappa shape index (κ1) is 17.4. The van der Waals surface area contributed by atoms with E-state index in [1.807, 2.05) is 4.57 Å². The number of halogens is 2. The fraction of sp³-hybridized carbons (Fsp3) is 0.176. The zero-order chi connectivity index (χ0) is 17.4. The first-order valence-corrected chi connectivity index (χ1v) is 9.55. The van der Waals surface area contributed by atoms with Gasteiger partial charge in [-0.2, -0.15) is 4.99 Å². The molecule has 2 heterocycles. The Labute approximate surface area is 157 Å². The largest absolute Gasteiger partial charge is 0.312 e. The number of hydrogen-bond acceptors (Lipinski definition) is 3. The Kier molecular flexibility index (Phi) is 4.97. The van der Waals surface area contributed by atoms with Crippen LogP contribution in [0.25, 0.3) is 10.2 Å². The Bertz CT molecular complexity index is 1030. The van der Waals surface area contributed by atoms with Gasteiger partial charge in [-0.15, -0.1) is 17.9 Å². The number of aryl methyl sites for hydroxylation is 2. The molecule has 0 aliphatic rings. The third kappa shape index (κ3) is 3.22. The molecule has 0 aliphatic heterocycles. The van der Waals surface area contributed by atoms with Gasteiger partial charge < -0.3 is 4.57 Å². The number of amides is 1. The van der Waals surface area contributed by atoms with Gasteiger partial charge in [-0.3, -0.25) is 4.79 Å². The van der Waals surface area contributed by atoms with Crippen molar-refractivity contribution in [2.45, 2.75) is 20.4 Å². The number of allylic oxidation sites excluding steroid dienone is 1. The van der Waals surface area contributed by atoms with Crippen LogP contribution in [0, 0.1) is 13.8 Å². The summed E-state index contributed by atoms with van der Waals surface area (Å²) in [6, 6.07) is 5.78. The second-order valence-corrected chi connectivity index (χ2v) is 8.63. The minimum absolute atomic E-state index is 0.335. The molecule has 1 aromatic carbocycles.